The number of ether oxygens (including phenoxy) is 1. The number of hydrogen-bond acceptors (Lipinski definition) is 3. The minimum Gasteiger partial charge on any atom is -0.489 e. The minimum absolute atomic E-state index is 0.0242. The largest absolute Gasteiger partial charge is 0.489 e. The third kappa shape index (κ3) is 5.12. The molecule has 1 aliphatic heterocycles. The molecule has 0 radical (unpaired) electrons. The molecule has 0 bridgehead atoms. The van der Waals surface area contributed by atoms with Crippen molar-refractivity contribution in [3.63, 3.8) is 0 Å². The highest BCUT2D eigenvalue weighted by Crippen LogP contribution is 2.41. The number of nitrogens with zero attached hydrogens (tertiary/aromatic N) is 1. The second-order valence-corrected chi connectivity index (χ2v) is 10.2. The number of fused-ring (bicyclic) bond motifs is 2. The predicted octanol–water partition coefficient (Wildman–Crippen LogP) is 6.87. The van der Waals surface area contributed by atoms with Gasteiger partial charge in [0, 0.05) is 43.2 Å². The summed E-state index contributed by atoms with van der Waals surface area (Å²) in [5.74, 6) is 1.18. The van der Waals surface area contributed by atoms with E-state index in [1.165, 1.54) is 27.5 Å². The molecule has 1 amide bonds. The van der Waals surface area contributed by atoms with Gasteiger partial charge >= 0.3 is 0 Å². The van der Waals surface area contributed by atoms with E-state index in [-0.39, 0.29) is 24.0 Å². The zero-order valence-electron chi connectivity index (χ0n) is 22.2. The first-order valence-corrected chi connectivity index (χ1v) is 13.3. The Morgan fingerprint density at radius 1 is 1.03 bits per heavy atom. The van der Waals surface area contributed by atoms with Gasteiger partial charge in [0.1, 0.15) is 11.9 Å². The van der Waals surface area contributed by atoms with Crippen molar-refractivity contribution in [3.8, 4) is 5.75 Å². The number of carbonyl (C=O) groups excluding carboxylic acids is 1. The molecule has 0 aliphatic carbocycles. The van der Waals surface area contributed by atoms with Gasteiger partial charge in [-0.05, 0) is 66.8 Å². The molecule has 3 unspecified atom stereocenters. The fraction of sp³-hybridized carbons (Fsp3) is 0.303. The van der Waals surface area contributed by atoms with Crippen LogP contribution in [0, 0.1) is 6.92 Å². The van der Waals surface area contributed by atoms with Crippen LogP contribution in [0.15, 0.2) is 84.9 Å². The zero-order valence-corrected chi connectivity index (χ0v) is 22.2. The molecule has 1 heterocycles. The van der Waals surface area contributed by atoms with Gasteiger partial charge in [0.05, 0.1) is 0 Å². The Labute approximate surface area is 220 Å². The molecule has 4 heteroatoms. The fourth-order valence-electron chi connectivity index (χ4n) is 5.42. The molecule has 0 spiro atoms. The normalized spacial score (nSPS) is 17.6. The maximum atomic E-state index is 13.0. The quantitative estimate of drug-likeness (QED) is 0.306. The number of benzene rings is 4. The minimum atomic E-state index is 0.0242. The van der Waals surface area contributed by atoms with Gasteiger partial charge in [0.15, 0.2) is 0 Å². The number of amides is 1. The highest BCUT2D eigenvalue weighted by atomic mass is 16.5. The molecule has 5 rings (SSSR count). The maximum Gasteiger partial charge on any atom is 0.253 e. The van der Waals surface area contributed by atoms with E-state index in [0.29, 0.717) is 6.54 Å². The average molecular weight is 493 g/mol. The van der Waals surface area contributed by atoms with Gasteiger partial charge in [-0.15, -0.1) is 0 Å². The van der Waals surface area contributed by atoms with Crippen LogP contribution >= 0.6 is 0 Å². The Morgan fingerprint density at radius 2 is 1.78 bits per heavy atom. The van der Waals surface area contributed by atoms with Crippen LogP contribution in [-0.4, -0.2) is 37.0 Å². The summed E-state index contributed by atoms with van der Waals surface area (Å²) in [5, 5.41) is 6.28. The van der Waals surface area contributed by atoms with Gasteiger partial charge < -0.3 is 15.0 Å². The molecular weight excluding hydrogens is 456 g/mol. The van der Waals surface area contributed by atoms with E-state index in [1.807, 2.05) is 27.0 Å². The van der Waals surface area contributed by atoms with Gasteiger partial charge in [-0.25, -0.2) is 0 Å². The fourth-order valence-corrected chi connectivity index (χ4v) is 5.42. The Kier molecular flexibility index (Phi) is 7.29. The summed E-state index contributed by atoms with van der Waals surface area (Å²) in [5.41, 5.74) is 5.45. The van der Waals surface area contributed by atoms with Crippen LogP contribution in [0.25, 0.3) is 10.8 Å². The SMILES string of the molecule is CCN(C)C(=O)c1cc(C2CC(CNC(C)c3cccc4ccccc34)Oc3ccccc32)ccc1C. The zero-order chi connectivity index (χ0) is 25.9. The number of carbonyl (C=O) groups is 1. The molecule has 4 aromatic carbocycles. The predicted molar refractivity (Wildman–Crippen MR) is 151 cm³/mol. The monoisotopic (exact) mass is 492 g/mol. The lowest BCUT2D eigenvalue weighted by Crippen LogP contribution is -2.37. The van der Waals surface area contributed by atoms with Crippen LogP contribution in [0.1, 0.15) is 64.8 Å². The number of para-hydroxylation sites is 1. The van der Waals surface area contributed by atoms with E-state index in [4.69, 9.17) is 4.74 Å². The Balaban J connectivity index is 1.39. The van der Waals surface area contributed by atoms with E-state index in [9.17, 15) is 4.79 Å². The maximum absolute atomic E-state index is 13.0. The Bertz CT molecular complexity index is 1410. The Hall–Kier alpha value is -3.63. The Morgan fingerprint density at radius 3 is 2.62 bits per heavy atom. The molecule has 0 fully saturated rings. The molecule has 0 saturated carbocycles. The molecule has 4 nitrogen and oxygen atoms in total. The molecule has 1 N–H and O–H groups in total. The highest BCUT2D eigenvalue weighted by molar-refractivity contribution is 5.95. The molecule has 0 aromatic heterocycles. The number of nitrogens with one attached hydrogen (secondary N) is 1. The third-order valence-corrected chi connectivity index (χ3v) is 7.74. The van der Waals surface area contributed by atoms with Crippen molar-refractivity contribution >= 4 is 16.7 Å². The van der Waals surface area contributed by atoms with Crippen LogP contribution in [0.5, 0.6) is 5.75 Å². The first kappa shape index (κ1) is 25.0. The van der Waals surface area contributed by atoms with Gasteiger partial charge in [-0.1, -0.05) is 72.8 Å². The number of aryl methyl sites for hydroxylation is 1. The average Bonchev–Trinajstić information content (AvgIpc) is 2.94. The van der Waals surface area contributed by atoms with Gasteiger partial charge in [-0.3, -0.25) is 4.79 Å². The van der Waals surface area contributed by atoms with Crippen LogP contribution in [0.3, 0.4) is 0 Å². The van der Waals surface area contributed by atoms with Gasteiger partial charge in [-0.2, -0.15) is 0 Å². The molecule has 190 valence electrons. The summed E-state index contributed by atoms with van der Waals surface area (Å²) in [4.78, 5) is 14.8. The smallest absolute Gasteiger partial charge is 0.253 e. The van der Waals surface area contributed by atoms with E-state index >= 15 is 0 Å². The van der Waals surface area contributed by atoms with Crippen LogP contribution in [0.2, 0.25) is 0 Å². The van der Waals surface area contributed by atoms with Crippen molar-refractivity contribution in [1.29, 1.82) is 0 Å². The van der Waals surface area contributed by atoms with Crippen molar-refractivity contribution in [2.45, 2.75) is 45.3 Å². The lowest BCUT2D eigenvalue weighted by molar-refractivity contribution is 0.0801. The van der Waals surface area contributed by atoms with E-state index in [2.05, 4.69) is 91.1 Å². The van der Waals surface area contributed by atoms with Gasteiger partial charge in [0.25, 0.3) is 5.91 Å². The first-order chi connectivity index (χ1) is 18.0. The van der Waals surface area contributed by atoms with Crippen LogP contribution in [-0.2, 0) is 0 Å². The highest BCUT2D eigenvalue weighted by Gasteiger charge is 2.30. The van der Waals surface area contributed by atoms with Crippen molar-refractivity contribution in [3.05, 3.63) is 113 Å². The van der Waals surface area contributed by atoms with Crippen molar-refractivity contribution in [2.24, 2.45) is 0 Å². The topological polar surface area (TPSA) is 41.6 Å². The number of rotatable bonds is 7. The van der Waals surface area contributed by atoms with Crippen molar-refractivity contribution in [1.82, 2.24) is 10.2 Å². The third-order valence-electron chi connectivity index (χ3n) is 7.74. The summed E-state index contributed by atoms with van der Waals surface area (Å²) >= 11 is 0. The van der Waals surface area contributed by atoms with Crippen molar-refractivity contribution in [2.75, 3.05) is 20.1 Å². The summed E-state index contributed by atoms with van der Waals surface area (Å²) in [7, 11) is 1.86. The first-order valence-electron chi connectivity index (χ1n) is 13.3. The van der Waals surface area contributed by atoms with E-state index in [1.54, 1.807) is 4.90 Å². The second kappa shape index (κ2) is 10.8. The summed E-state index contributed by atoms with van der Waals surface area (Å²) in [6.45, 7) is 7.66. The van der Waals surface area contributed by atoms with Crippen LogP contribution < -0.4 is 10.1 Å². The standard InChI is InChI=1S/C33H36N2O2/c1-5-35(4)33(36)30-19-25(18-17-22(30)2)31-20-26(37-32-16-9-8-14-29(31)32)21-34-23(3)27-15-10-12-24-11-6-7-13-28(24)27/h6-19,23,26,31,34H,5,20-21H2,1-4H3. The molecule has 1 aliphatic rings. The lowest BCUT2D eigenvalue weighted by atomic mass is 9.83. The van der Waals surface area contributed by atoms with E-state index < -0.39 is 0 Å². The van der Waals surface area contributed by atoms with Gasteiger partial charge in [0.2, 0.25) is 0 Å². The summed E-state index contributed by atoms with van der Waals surface area (Å²) in [6.07, 6.45) is 0.878. The molecule has 0 saturated heterocycles. The van der Waals surface area contributed by atoms with Crippen LogP contribution in [0.4, 0.5) is 0 Å². The molecular formula is C33H36N2O2. The molecule has 3 atom stereocenters. The molecule has 37 heavy (non-hydrogen) atoms. The summed E-state index contributed by atoms with van der Waals surface area (Å²) < 4.78 is 6.48. The van der Waals surface area contributed by atoms with E-state index in [0.717, 1.165) is 29.8 Å². The van der Waals surface area contributed by atoms with Crippen molar-refractivity contribution < 1.29 is 9.53 Å². The lowest BCUT2D eigenvalue weighted by Gasteiger charge is -2.34. The summed E-state index contributed by atoms with van der Waals surface area (Å²) in [6, 6.07) is 29.9. The second-order valence-electron chi connectivity index (χ2n) is 10.2. The number of hydrogen-bond donors (Lipinski definition) is 1. The molecule has 4 aromatic rings.